The number of hydrogen-bond acceptors (Lipinski definition) is 5. The third-order valence-electron chi connectivity index (χ3n) is 4.99. The van der Waals surface area contributed by atoms with Crippen molar-refractivity contribution in [2.75, 3.05) is 33.3 Å². The van der Waals surface area contributed by atoms with Crippen molar-refractivity contribution in [1.82, 2.24) is 4.90 Å². The van der Waals surface area contributed by atoms with Crippen molar-refractivity contribution in [3.63, 3.8) is 0 Å². The molecule has 1 aliphatic heterocycles. The Morgan fingerprint density at radius 1 is 1.18 bits per heavy atom. The molecule has 5 nitrogen and oxygen atoms in total. The molecule has 0 amide bonds. The quantitative estimate of drug-likeness (QED) is 0.597. The van der Waals surface area contributed by atoms with Gasteiger partial charge in [-0.25, -0.2) is 8.78 Å². The van der Waals surface area contributed by atoms with Crippen LogP contribution in [0.5, 0.6) is 0 Å². The Bertz CT molecular complexity index is 450. The first-order chi connectivity index (χ1) is 13.2. The van der Waals surface area contributed by atoms with E-state index in [1.807, 2.05) is 0 Å². The van der Waals surface area contributed by atoms with Gasteiger partial charge in [0, 0.05) is 38.5 Å². The van der Waals surface area contributed by atoms with Crippen LogP contribution in [0.3, 0.4) is 0 Å². The zero-order valence-corrected chi connectivity index (χ0v) is 16.7. The fourth-order valence-electron chi connectivity index (χ4n) is 3.59. The van der Waals surface area contributed by atoms with Crippen molar-refractivity contribution < 1.29 is 13.9 Å². The average molecular weight is 403 g/mol. The Morgan fingerprint density at radius 3 is 2.36 bits per heavy atom. The van der Waals surface area contributed by atoms with Crippen molar-refractivity contribution in [1.29, 1.82) is 5.41 Å². The molecule has 0 spiro atoms. The van der Waals surface area contributed by atoms with Crippen LogP contribution < -0.4 is 0 Å². The van der Waals surface area contributed by atoms with E-state index < -0.39 is 13.0 Å². The first-order valence-corrected chi connectivity index (χ1v) is 9.68. The van der Waals surface area contributed by atoms with Crippen LogP contribution >= 0.6 is 0 Å². The van der Waals surface area contributed by atoms with Crippen LogP contribution in [0.2, 0.25) is 0 Å². The molecule has 0 atom stereocenters. The van der Waals surface area contributed by atoms with Crippen LogP contribution in [0.15, 0.2) is 21.3 Å². The highest BCUT2D eigenvalue weighted by atomic mass is 19.3. The number of rotatable bonds is 7. The molecule has 2 aliphatic rings. The topological polar surface area (TPSA) is 72.0 Å². The lowest BCUT2D eigenvalue weighted by Gasteiger charge is -2.26. The monoisotopic (exact) mass is 402 g/mol. The number of alkyl halides is 2. The van der Waals surface area contributed by atoms with Gasteiger partial charge in [-0.3, -0.25) is 9.98 Å². The highest BCUT2D eigenvalue weighted by Crippen LogP contribution is 2.27. The van der Waals surface area contributed by atoms with Crippen molar-refractivity contribution in [2.45, 2.75) is 65.2 Å². The van der Waals surface area contributed by atoms with E-state index in [1.165, 1.54) is 38.5 Å². The van der Waals surface area contributed by atoms with Crippen LogP contribution in [0, 0.1) is 11.3 Å². The first-order valence-electron chi connectivity index (χ1n) is 9.68. The summed E-state index contributed by atoms with van der Waals surface area (Å²) in [6, 6.07) is 0. The maximum absolute atomic E-state index is 12.2. The predicted octanol–water partition coefficient (Wildman–Crippen LogP) is 4.85. The number of nitrogens with zero attached hydrogens (tertiary/aromatic N) is 3. The van der Waals surface area contributed by atoms with E-state index in [2.05, 4.69) is 28.3 Å². The number of nitrogens with one attached hydrogen (secondary N) is 1. The molecule has 1 saturated carbocycles. The first kappa shape index (κ1) is 28.7. The Hall–Kier alpha value is -1.47. The third-order valence-corrected chi connectivity index (χ3v) is 4.99. The van der Waals surface area contributed by atoms with Crippen molar-refractivity contribution in [3.05, 3.63) is 11.3 Å². The zero-order chi connectivity index (χ0) is 20.5. The number of aliphatic hydroxyl groups is 1. The van der Waals surface area contributed by atoms with E-state index in [1.54, 1.807) is 6.21 Å². The molecule has 28 heavy (non-hydrogen) atoms. The molecule has 0 bridgehead atoms. The summed E-state index contributed by atoms with van der Waals surface area (Å²) < 4.78 is 24.4. The molecular weight excluding hydrogens is 362 g/mol. The van der Waals surface area contributed by atoms with Crippen molar-refractivity contribution in [2.24, 2.45) is 15.9 Å². The molecule has 164 valence electrons. The van der Waals surface area contributed by atoms with Crippen molar-refractivity contribution in [3.8, 4) is 0 Å². The predicted molar refractivity (Wildman–Crippen MR) is 118 cm³/mol. The Labute approximate surface area is 170 Å². The Morgan fingerprint density at radius 2 is 1.79 bits per heavy atom. The van der Waals surface area contributed by atoms with Gasteiger partial charge in [0.25, 0.3) is 6.43 Å². The standard InChI is InChI=1S/C18H29F2N3.CH3N.CH4O.CH4/c1-21-17-9-12-23(10-7-15-5-3-2-4-6-15)11-8-16(17)13-22-14-18(19)20;2*1-2;/h13,15,18H,1-12,14H2;2H,1H2;2H,1H3;1H4. The smallest absolute Gasteiger partial charge is 0.257 e. The van der Waals surface area contributed by atoms with Crippen molar-refractivity contribution >= 4 is 19.6 Å². The van der Waals surface area contributed by atoms with E-state index in [0.717, 1.165) is 56.8 Å². The summed E-state index contributed by atoms with van der Waals surface area (Å²) in [7, 11) is 1.00. The number of aliphatic imine (C=N–C) groups is 2. The van der Waals surface area contributed by atoms with Gasteiger partial charge in [0.05, 0.1) is 6.54 Å². The minimum absolute atomic E-state index is 0. The van der Waals surface area contributed by atoms with E-state index in [4.69, 9.17) is 10.5 Å². The number of hydrogen-bond donors (Lipinski definition) is 2. The van der Waals surface area contributed by atoms with Gasteiger partial charge >= 0.3 is 0 Å². The van der Waals surface area contributed by atoms with Gasteiger partial charge in [0.1, 0.15) is 0 Å². The van der Waals surface area contributed by atoms with Gasteiger partial charge in [-0.2, -0.15) is 0 Å². The van der Waals surface area contributed by atoms with Crippen LogP contribution in [0.4, 0.5) is 8.78 Å². The third kappa shape index (κ3) is 12.1. The molecule has 1 fully saturated rings. The molecular formula is C21H40F2N4O. The second-order valence-corrected chi connectivity index (χ2v) is 6.65. The summed E-state index contributed by atoms with van der Waals surface area (Å²) in [6.45, 7) is 8.77. The molecule has 7 heteroatoms. The number of halogens is 2. The summed E-state index contributed by atoms with van der Waals surface area (Å²) in [5.41, 5.74) is 1.89. The van der Waals surface area contributed by atoms with E-state index in [-0.39, 0.29) is 7.43 Å². The van der Waals surface area contributed by atoms with Gasteiger partial charge in [-0.15, -0.1) is 0 Å². The molecule has 2 rings (SSSR count). The summed E-state index contributed by atoms with van der Waals surface area (Å²) >= 11 is 0. The van der Waals surface area contributed by atoms with E-state index in [0.29, 0.717) is 0 Å². The summed E-state index contributed by atoms with van der Waals surface area (Å²) in [6.07, 6.45) is 9.10. The second-order valence-electron chi connectivity index (χ2n) is 6.65. The van der Waals surface area contributed by atoms with E-state index in [9.17, 15) is 8.78 Å². The fourth-order valence-corrected chi connectivity index (χ4v) is 3.59. The van der Waals surface area contributed by atoms with E-state index >= 15 is 0 Å². The van der Waals surface area contributed by atoms with Crippen LogP contribution in [0.25, 0.3) is 0 Å². The summed E-state index contributed by atoms with van der Waals surface area (Å²) in [4.78, 5) is 10.4. The van der Waals surface area contributed by atoms with Gasteiger partial charge in [-0.1, -0.05) is 39.5 Å². The normalized spacial score (nSPS) is 18.5. The van der Waals surface area contributed by atoms with Gasteiger partial charge in [0.15, 0.2) is 0 Å². The largest absolute Gasteiger partial charge is 0.400 e. The molecule has 2 N–H and O–H groups in total. The lowest BCUT2D eigenvalue weighted by Crippen LogP contribution is -2.28. The molecule has 0 radical (unpaired) electrons. The Kier molecular flexibility index (Phi) is 19.4. The Balaban J connectivity index is 0. The summed E-state index contributed by atoms with van der Waals surface area (Å²) in [5.74, 6) is 0.893. The molecule has 1 aliphatic carbocycles. The maximum Gasteiger partial charge on any atom is 0.257 e. The molecule has 0 aromatic rings. The maximum atomic E-state index is 12.2. The second kappa shape index (κ2) is 18.9. The molecule has 0 saturated heterocycles. The zero-order valence-electron chi connectivity index (χ0n) is 16.7. The lowest BCUT2D eigenvalue weighted by molar-refractivity contribution is 0.159. The lowest BCUT2D eigenvalue weighted by atomic mass is 9.87. The minimum Gasteiger partial charge on any atom is -0.400 e. The average Bonchev–Trinajstić information content (AvgIpc) is 2.92. The molecule has 1 heterocycles. The van der Waals surface area contributed by atoms with Crippen LogP contribution in [-0.4, -0.2) is 69.4 Å². The molecule has 0 unspecified atom stereocenters. The highest BCUT2D eigenvalue weighted by molar-refractivity contribution is 5.80. The van der Waals surface area contributed by atoms with Crippen LogP contribution in [0.1, 0.15) is 58.8 Å². The van der Waals surface area contributed by atoms with Gasteiger partial charge in [0.2, 0.25) is 0 Å². The molecule has 0 aromatic heterocycles. The minimum atomic E-state index is -2.38. The molecule has 0 aromatic carbocycles. The van der Waals surface area contributed by atoms with Gasteiger partial charge < -0.3 is 15.4 Å². The fraction of sp³-hybridized carbons (Fsp3) is 0.762. The number of aliphatic hydroxyl groups excluding tert-OH is 1. The van der Waals surface area contributed by atoms with Crippen LogP contribution in [-0.2, 0) is 0 Å². The highest BCUT2D eigenvalue weighted by Gasteiger charge is 2.18. The SMILES string of the molecule is C.C=N.C=NC1=C(C=NCC(F)F)CCN(CCC2CCCCC2)CC1.CO. The summed E-state index contributed by atoms with van der Waals surface area (Å²) in [5, 5.41) is 12.5. The van der Waals surface area contributed by atoms with Gasteiger partial charge in [-0.05, 0) is 44.3 Å².